The Hall–Kier alpha value is -0.340. The van der Waals surface area contributed by atoms with Gasteiger partial charge in [0.25, 0.3) is 0 Å². The summed E-state index contributed by atoms with van der Waals surface area (Å²) < 4.78 is 0. The number of fused-ring (bicyclic) bond motifs is 1. The first-order chi connectivity index (χ1) is 7.74. The van der Waals surface area contributed by atoms with Crippen LogP contribution in [0.15, 0.2) is 12.2 Å². The zero-order valence-corrected chi connectivity index (χ0v) is 10.5. The van der Waals surface area contributed by atoms with Crippen LogP contribution in [0.2, 0.25) is 0 Å². The maximum Gasteiger partial charge on any atom is 0.0138 e. The molecule has 0 aromatic heterocycles. The highest BCUT2D eigenvalue weighted by atomic mass is 15.1. The van der Waals surface area contributed by atoms with E-state index in [1.807, 2.05) is 0 Å². The molecule has 0 amide bonds. The summed E-state index contributed by atoms with van der Waals surface area (Å²) >= 11 is 0. The summed E-state index contributed by atoms with van der Waals surface area (Å²) in [6.07, 6.45) is 8.92. The number of piperidine rings is 1. The lowest BCUT2D eigenvalue weighted by atomic mass is 9.70. The van der Waals surface area contributed by atoms with Crippen molar-refractivity contribution in [2.24, 2.45) is 17.8 Å². The van der Waals surface area contributed by atoms with Crippen LogP contribution in [0.1, 0.15) is 26.2 Å². The van der Waals surface area contributed by atoms with Crippen molar-refractivity contribution in [2.45, 2.75) is 38.3 Å². The molecule has 1 saturated heterocycles. The maximum absolute atomic E-state index is 3.92. The molecule has 0 radical (unpaired) electrons. The number of allylic oxidation sites excluding steroid dienone is 1. The normalized spacial score (nSPS) is 47.8. The predicted octanol–water partition coefficient (Wildman–Crippen LogP) is 1.88. The fourth-order valence-corrected chi connectivity index (χ4v) is 3.78. The third kappa shape index (κ3) is 1.82. The van der Waals surface area contributed by atoms with Crippen LogP contribution in [0, 0.1) is 17.8 Å². The van der Waals surface area contributed by atoms with E-state index in [0.29, 0.717) is 0 Å². The van der Waals surface area contributed by atoms with E-state index in [2.05, 4.69) is 36.3 Å². The molecule has 1 saturated carbocycles. The highest BCUT2D eigenvalue weighted by Gasteiger charge is 2.42. The van der Waals surface area contributed by atoms with Crippen LogP contribution in [0.5, 0.6) is 0 Å². The van der Waals surface area contributed by atoms with Crippen LogP contribution in [0.4, 0.5) is 0 Å². The fraction of sp³-hybridized carbons (Fsp3) is 0.857. The molecule has 2 heteroatoms. The Labute approximate surface area is 99.1 Å². The quantitative estimate of drug-likeness (QED) is 0.715. The Morgan fingerprint density at radius 1 is 1.31 bits per heavy atom. The van der Waals surface area contributed by atoms with E-state index in [1.165, 1.54) is 32.4 Å². The topological polar surface area (TPSA) is 15.3 Å². The lowest BCUT2D eigenvalue weighted by Crippen LogP contribution is -2.56. The number of nitrogens with zero attached hydrogens (tertiary/aromatic N) is 1. The van der Waals surface area contributed by atoms with Crippen molar-refractivity contribution >= 4 is 0 Å². The van der Waals surface area contributed by atoms with Gasteiger partial charge in [0.1, 0.15) is 0 Å². The van der Waals surface area contributed by atoms with Crippen molar-refractivity contribution in [1.29, 1.82) is 0 Å². The Balaban J connectivity index is 1.53. The Kier molecular flexibility index (Phi) is 2.80. The summed E-state index contributed by atoms with van der Waals surface area (Å²) in [6, 6.07) is 1.55. The standard InChI is InChI=1S/C14H24N2/c1-10-9-16(2)7-6-13(10)15-14-8-11-4-3-5-12(11)14/h3,5,10-15H,4,6-9H2,1-2H3. The molecule has 0 aromatic carbocycles. The van der Waals surface area contributed by atoms with Crippen LogP contribution < -0.4 is 5.32 Å². The minimum atomic E-state index is 0.760. The molecule has 3 rings (SSSR count). The molecule has 16 heavy (non-hydrogen) atoms. The van der Waals surface area contributed by atoms with Gasteiger partial charge < -0.3 is 10.2 Å². The molecular formula is C14H24N2. The van der Waals surface area contributed by atoms with E-state index in [0.717, 1.165) is 29.8 Å². The van der Waals surface area contributed by atoms with Gasteiger partial charge in [0, 0.05) is 18.6 Å². The average Bonchev–Trinajstić information content (AvgIpc) is 2.59. The number of nitrogens with one attached hydrogen (secondary N) is 1. The van der Waals surface area contributed by atoms with Gasteiger partial charge in [-0.15, -0.1) is 0 Å². The van der Waals surface area contributed by atoms with Gasteiger partial charge in [-0.05, 0) is 50.6 Å². The Bertz CT molecular complexity index is 286. The Morgan fingerprint density at radius 2 is 2.19 bits per heavy atom. The van der Waals surface area contributed by atoms with Gasteiger partial charge in [0.05, 0.1) is 0 Å². The number of rotatable bonds is 2. The number of hydrogen-bond acceptors (Lipinski definition) is 2. The van der Waals surface area contributed by atoms with E-state index >= 15 is 0 Å². The second-order valence-electron chi connectivity index (χ2n) is 6.14. The lowest BCUT2D eigenvalue weighted by Gasteiger charge is -2.45. The van der Waals surface area contributed by atoms with E-state index in [1.54, 1.807) is 0 Å². The van der Waals surface area contributed by atoms with E-state index in [4.69, 9.17) is 0 Å². The second kappa shape index (κ2) is 4.15. The van der Waals surface area contributed by atoms with E-state index < -0.39 is 0 Å². The minimum Gasteiger partial charge on any atom is -0.310 e. The minimum absolute atomic E-state index is 0.760. The lowest BCUT2D eigenvalue weighted by molar-refractivity contribution is 0.104. The van der Waals surface area contributed by atoms with Gasteiger partial charge in [-0.25, -0.2) is 0 Å². The molecule has 3 aliphatic rings. The van der Waals surface area contributed by atoms with Gasteiger partial charge in [-0.2, -0.15) is 0 Å². The molecule has 5 atom stereocenters. The van der Waals surface area contributed by atoms with Gasteiger partial charge in [0.2, 0.25) is 0 Å². The first-order valence-corrected chi connectivity index (χ1v) is 6.85. The van der Waals surface area contributed by atoms with Crippen molar-refractivity contribution in [3.8, 4) is 0 Å². The van der Waals surface area contributed by atoms with Gasteiger partial charge in [-0.1, -0.05) is 19.1 Å². The van der Waals surface area contributed by atoms with Crippen molar-refractivity contribution < 1.29 is 0 Å². The van der Waals surface area contributed by atoms with E-state index in [-0.39, 0.29) is 0 Å². The highest BCUT2D eigenvalue weighted by molar-refractivity contribution is 5.13. The molecule has 2 fully saturated rings. The molecule has 5 unspecified atom stereocenters. The van der Waals surface area contributed by atoms with E-state index in [9.17, 15) is 0 Å². The van der Waals surface area contributed by atoms with Crippen molar-refractivity contribution in [1.82, 2.24) is 10.2 Å². The smallest absolute Gasteiger partial charge is 0.0138 e. The summed E-state index contributed by atoms with van der Waals surface area (Å²) in [5, 5.41) is 3.92. The van der Waals surface area contributed by atoms with Crippen molar-refractivity contribution in [3.63, 3.8) is 0 Å². The highest BCUT2D eigenvalue weighted by Crippen LogP contribution is 2.43. The molecule has 1 heterocycles. The zero-order valence-electron chi connectivity index (χ0n) is 10.5. The van der Waals surface area contributed by atoms with Crippen LogP contribution in [0.3, 0.4) is 0 Å². The number of likely N-dealkylation sites (tertiary alicyclic amines) is 1. The van der Waals surface area contributed by atoms with Gasteiger partial charge >= 0.3 is 0 Å². The monoisotopic (exact) mass is 220 g/mol. The van der Waals surface area contributed by atoms with Crippen LogP contribution in [0.25, 0.3) is 0 Å². The predicted molar refractivity (Wildman–Crippen MR) is 67.3 cm³/mol. The summed E-state index contributed by atoms with van der Waals surface area (Å²) in [5.74, 6) is 2.66. The Morgan fingerprint density at radius 3 is 2.94 bits per heavy atom. The molecule has 2 aliphatic carbocycles. The maximum atomic E-state index is 3.92. The molecule has 0 spiro atoms. The molecule has 1 aliphatic heterocycles. The third-order valence-corrected chi connectivity index (χ3v) is 4.90. The zero-order chi connectivity index (χ0) is 11.1. The molecular weight excluding hydrogens is 196 g/mol. The summed E-state index contributed by atoms with van der Waals surface area (Å²) in [5.41, 5.74) is 0. The average molecular weight is 220 g/mol. The first-order valence-electron chi connectivity index (χ1n) is 6.85. The summed E-state index contributed by atoms with van der Waals surface area (Å²) in [6.45, 7) is 4.92. The third-order valence-electron chi connectivity index (χ3n) is 4.90. The van der Waals surface area contributed by atoms with Crippen LogP contribution in [-0.4, -0.2) is 37.1 Å². The van der Waals surface area contributed by atoms with Crippen LogP contribution in [-0.2, 0) is 0 Å². The van der Waals surface area contributed by atoms with Crippen LogP contribution >= 0.6 is 0 Å². The summed E-state index contributed by atoms with van der Waals surface area (Å²) in [7, 11) is 2.24. The molecule has 2 nitrogen and oxygen atoms in total. The first kappa shape index (κ1) is 10.8. The fourth-order valence-electron chi connectivity index (χ4n) is 3.78. The largest absolute Gasteiger partial charge is 0.310 e. The molecule has 0 aromatic rings. The summed E-state index contributed by atoms with van der Waals surface area (Å²) in [4.78, 5) is 2.46. The second-order valence-corrected chi connectivity index (χ2v) is 6.14. The van der Waals surface area contributed by atoms with Crippen molar-refractivity contribution in [2.75, 3.05) is 20.1 Å². The van der Waals surface area contributed by atoms with Gasteiger partial charge in [-0.3, -0.25) is 0 Å². The molecule has 90 valence electrons. The molecule has 1 N–H and O–H groups in total. The van der Waals surface area contributed by atoms with Gasteiger partial charge in [0.15, 0.2) is 0 Å². The van der Waals surface area contributed by atoms with Crippen molar-refractivity contribution in [3.05, 3.63) is 12.2 Å². The number of hydrogen-bond donors (Lipinski definition) is 1. The molecule has 0 bridgehead atoms. The SMILES string of the molecule is CC1CN(C)CCC1NC1CC2CC=CC21.